The third-order valence-electron chi connectivity index (χ3n) is 4.29. The standard InChI is InChI=1S/C19H22ClN5O/c20-18-4-2-1-3-17(18)14-24-9-11-25(12-10-24)15-19(26)23-22-13-16-5-7-21-8-6-16/h1-8,13H,9-12,14-15H2,(H,23,26)/b22-13+. The lowest BCUT2D eigenvalue weighted by Gasteiger charge is -2.34. The van der Waals surface area contributed by atoms with E-state index < -0.39 is 0 Å². The third-order valence-corrected chi connectivity index (χ3v) is 4.66. The van der Waals surface area contributed by atoms with E-state index in [0.717, 1.165) is 48.9 Å². The molecule has 0 bridgehead atoms. The molecule has 1 aromatic carbocycles. The van der Waals surface area contributed by atoms with Gasteiger partial charge >= 0.3 is 0 Å². The van der Waals surface area contributed by atoms with E-state index in [1.165, 1.54) is 0 Å². The average Bonchev–Trinajstić information content (AvgIpc) is 2.66. The highest BCUT2D eigenvalue weighted by Crippen LogP contribution is 2.17. The number of nitrogens with zero attached hydrogens (tertiary/aromatic N) is 4. The van der Waals surface area contributed by atoms with Gasteiger partial charge in [-0.15, -0.1) is 0 Å². The summed E-state index contributed by atoms with van der Waals surface area (Å²) in [5.74, 6) is -0.102. The predicted octanol–water partition coefficient (Wildman–Crippen LogP) is 2.00. The molecule has 2 aromatic rings. The van der Waals surface area contributed by atoms with Gasteiger partial charge in [0.05, 0.1) is 12.8 Å². The number of hydrogen-bond donors (Lipinski definition) is 1. The molecule has 0 unspecified atom stereocenters. The van der Waals surface area contributed by atoms with Gasteiger partial charge in [0.25, 0.3) is 5.91 Å². The number of nitrogens with one attached hydrogen (secondary N) is 1. The maximum Gasteiger partial charge on any atom is 0.254 e. The summed E-state index contributed by atoms with van der Waals surface area (Å²) in [5.41, 5.74) is 4.62. The fourth-order valence-corrected chi connectivity index (χ4v) is 3.04. The zero-order valence-corrected chi connectivity index (χ0v) is 15.3. The first kappa shape index (κ1) is 18.5. The lowest BCUT2D eigenvalue weighted by Crippen LogP contribution is -2.48. The summed E-state index contributed by atoms with van der Waals surface area (Å²) in [7, 11) is 0. The van der Waals surface area contributed by atoms with Crippen molar-refractivity contribution >= 4 is 23.7 Å². The van der Waals surface area contributed by atoms with E-state index >= 15 is 0 Å². The molecule has 0 atom stereocenters. The predicted molar refractivity (Wildman–Crippen MR) is 103 cm³/mol. The van der Waals surface area contributed by atoms with Gasteiger partial charge in [0.2, 0.25) is 0 Å². The van der Waals surface area contributed by atoms with Gasteiger partial charge in [0, 0.05) is 50.1 Å². The first-order valence-electron chi connectivity index (χ1n) is 8.61. The molecule has 0 aliphatic carbocycles. The minimum atomic E-state index is -0.102. The molecule has 0 spiro atoms. The highest BCUT2D eigenvalue weighted by Gasteiger charge is 2.19. The highest BCUT2D eigenvalue weighted by molar-refractivity contribution is 6.31. The van der Waals surface area contributed by atoms with Crippen molar-refractivity contribution < 1.29 is 4.79 Å². The summed E-state index contributed by atoms with van der Waals surface area (Å²) in [5, 5.41) is 4.79. The molecule has 1 aliphatic rings. The Kier molecular flexibility index (Phi) is 6.71. The largest absolute Gasteiger partial charge is 0.296 e. The van der Waals surface area contributed by atoms with Crippen molar-refractivity contribution in [2.24, 2.45) is 5.10 Å². The minimum absolute atomic E-state index is 0.102. The summed E-state index contributed by atoms with van der Waals surface area (Å²) >= 11 is 6.23. The highest BCUT2D eigenvalue weighted by atomic mass is 35.5. The second kappa shape index (κ2) is 9.43. The summed E-state index contributed by atoms with van der Waals surface area (Å²) in [4.78, 5) is 20.4. The second-order valence-electron chi connectivity index (χ2n) is 6.22. The van der Waals surface area contributed by atoms with E-state index in [-0.39, 0.29) is 5.91 Å². The normalized spacial score (nSPS) is 16.0. The van der Waals surface area contributed by atoms with Crippen molar-refractivity contribution in [1.82, 2.24) is 20.2 Å². The van der Waals surface area contributed by atoms with Gasteiger partial charge in [-0.1, -0.05) is 29.8 Å². The first-order valence-corrected chi connectivity index (χ1v) is 8.98. The number of aromatic nitrogens is 1. The molecule has 0 radical (unpaired) electrons. The van der Waals surface area contributed by atoms with E-state index in [1.807, 2.05) is 30.3 Å². The van der Waals surface area contributed by atoms with Crippen LogP contribution in [0.2, 0.25) is 5.02 Å². The molecule has 1 saturated heterocycles. The van der Waals surface area contributed by atoms with Crippen molar-refractivity contribution in [2.45, 2.75) is 6.54 Å². The Bertz CT molecular complexity index is 745. The summed E-state index contributed by atoms with van der Waals surface area (Å²) in [6, 6.07) is 11.6. The number of piperazine rings is 1. The number of pyridine rings is 1. The monoisotopic (exact) mass is 371 g/mol. The molecule has 3 rings (SSSR count). The molecule has 2 heterocycles. The Labute approximate surface area is 158 Å². The van der Waals surface area contributed by atoms with Crippen molar-refractivity contribution in [3.8, 4) is 0 Å². The molecule has 1 N–H and O–H groups in total. The number of rotatable bonds is 6. The Morgan fingerprint density at radius 1 is 1.12 bits per heavy atom. The maximum atomic E-state index is 12.0. The van der Waals surface area contributed by atoms with Crippen LogP contribution < -0.4 is 5.43 Å². The van der Waals surface area contributed by atoms with Crippen molar-refractivity contribution in [2.75, 3.05) is 32.7 Å². The first-order chi connectivity index (χ1) is 12.7. The third kappa shape index (κ3) is 5.62. The molecule has 0 saturated carbocycles. The molecule has 7 heteroatoms. The minimum Gasteiger partial charge on any atom is -0.296 e. The van der Waals surface area contributed by atoms with E-state index in [0.29, 0.717) is 6.54 Å². The SMILES string of the molecule is O=C(CN1CCN(Cc2ccccc2Cl)CC1)N/N=C/c1ccncc1. The van der Waals surface area contributed by atoms with Crippen LogP contribution in [0.1, 0.15) is 11.1 Å². The number of benzene rings is 1. The van der Waals surface area contributed by atoms with E-state index in [4.69, 9.17) is 11.6 Å². The smallest absolute Gasteiger partial charge is 0.254 e. The van der Waals surface area contributed by atoms with Crippen LogP contribution in [-0.4, -0.2) is 59.6 Å². The number of carbonyl (C=O) groups excluding carboxylic acids is 1. The summed E-state index contributed by atoms with van der Waals surface area (Å²) < 4.78 is 0. The molecular weight excluding hydrogens is 350 g/mol. The van der Waals surface area contributed by atoms with Gasteiger partial charge in [-0.25, -0.2) is 5.43 Å². The van der Waals surface area contributed by atoms with Gasteiger partial charge in [0.15, 0.2) is 0 Å². The number of hydrazone groups is 1. The second-order valence-corrected chi connectivity index (χ2v) is 6.62. The lowest BCUT2D eigenvalue weighted by molar-refractivity contribution is -0.122. The molecular formula is C19H22ClN5O. The van der Waals surface area contributed by atoms with Crippen LogP contribution >= 0.6 is 11.6 Å². The molecule has 26 heavy (non-hydrogen) atoms. The number of amides is 1. The van der Waals surface area contributed by atoms with Crippen molar-refractivity contribution in [3.05, 3.63) is 64.9 Å². The number of carbonyl (C=O) groups is 1. The molecule has 1 amide bonds. The Balaban J connectivity index is 1.39. The van der Waals surface area contributed by atoms with Gasteiger partial charge in [0.1, 0.15) is 0 Å². The van der Waals surface area contributed by atoms with Crippen LogP contribution in [0.3, 0.4) is 0 Å². The van der Waals surface area contributed by atoms with Crippen LogP contribution in [0.4, 0.5) is 0 Å². The van der Waals surface area contributed by atoms with Crippen molar-refractivity contribution in [1.29, 1.82) is 0 Å². The van der Waals surface area contributed by atoms with Gasteiger partial charge in [-0.2, -0.15) is 5.10 Å². The van der Waals surface area contributed by atoms with E-state index in [2.05, 4.69) is 31.4 Å². The van der Waals surface area contributed by atoms with Crippen LogP contribution in [0.15, 0.2) is 53.9 Å². The summed E-state index contributed by atoms with van der Waals surface area (Å²) in [6.07, 6.45) is 4.98. The van der Waals surface area contributed by atoms with Crippen LogP contribution in [0.5, 0.6) is 0 Å². The maximum absolute atomic E-state index is 12.0. The van der Waals surface area contributed by atoms with Crippen molar-refractivity contribution in [3.63, 3.8) is 0 Å². The average molecular weight is 372 g/mol. The fraction of sp³-hybridized carbons (Fsp3) is 0.316. The molecule has 1 aliphatic heterocycles. The zero-order valence-electron chi connectivity index (χ0n) is 14.5. The quantitative estimate of drug-likeness (QED) is 0.623. The fourth-order valence-electron chi connectivity index (χ4n) is 2.84. The Hall–Kier alpha value is -2.28. The number of halogens is 1. The van der Waals surface area contributed by atoms with E-state index in [9.17, 15) is 4.79 Å². The van der Waals surface area contributed by atoms with Crippen LogP contribution in [-0.2, 0) is 11.3 Å². The van der Waals surface area contributed by atoms with E-state index in [1.54, 1.807) is 18.6 Å². The Morgan fingerprint density at radius 2 is 1.81 bits per heavy atom. The number of hydrogen-bond acceptors (Lipinski definition) is 5. The topological polar surface area (TPSA) is 60.8 Å². The van der Waals surface area contributed by atoms with Gasteiger partial charge in [-0.3, -0.25) is 19.6 Å². The Morgan fingerprint density at radius 3 is 2.54 bits per heavy atom. The molecule has 6 nitrogen and oxygen atoms in total. The molecule has 1 aromatic heterocycles. The van der Waals surface area contributed by atoms with Crippen LogP contribution in [0.25, 0.3) is 0 Å². The van der Waals surface area contributed by atoms with Gasteiger partial charge < -0.3 is 0 Å². The zero-order chi connectivity index (χ0) is 18.2. The lowest BCUT2D eigenvalue weighted by atomic mass is 10.2. The van der Waals surface area contributed by atoms with Gasteiger partial charge in [-0.05, 0) is 29.3 Å². The summed E-state index contributed by atoms with van der Waals surface area (Å²) in [6.45, 7) is 4.74. The molecule has 1 fully saturated rings. The molecule has 136 valence electrons. The van der Waals surface area contributed by atoms with Crippen LogP contribution in [0, 0.1) is 0 Å².